The lowest BCUT2D eigenvalue weighted by Gasteiger charge is -2.32. The van der Waals surface area contributed by atoms with Gasteiger partial charge in [-0.2, -0.15) is 13.2 Å². The number of amides is 2. The Balaban J connectivity index is 1.92. The van der Waals surface area contributed by atoms with E-state index >= 15 is 0 Å². The molecule has 4 nitrogen and oxygen atoms in total. The summed E-state index contributed by atoms with van der Waals surface area (Å²) in [6, 6.07) is 4.77. The molecule has 2 amide bonds. The van der Waals surface area contributed by atoms with Crippen LogP contribution in [0.3, 0.4) is 0 Å². The maximum absolute atomic E-state index is 13.0. The highest BCUT2D eigenvalue weighted by molar-refractivity contribution is 5.74. The molecule has 1 aromatic carbocycles. The molecule has 7 heteroatoms. The minimum atomic E-state index is -4.40. The Kier molecular flexibility index (Phi) is 6.10. The van der Waals surface area contributed by atoms with Gasteiger partial charge >= 0.3 is 12.2 Å². The lowest BCUT2D eigenvalue weighted by atomic mass is 9.98. The van der Waals surface area contributed by atoms with Gasteiger partial charge in [0.25, 0.3) is 0 Å². The maximum atomic E-state index is 13.0. The van der Waals surface area contributed by atoms with Gasteiger partial charge in [-0.15, -0.1) is 0 Å². The summed E-state index contributed by atoms with van der Waals surface area (Å²) in [5.74, 6) is 0.227. The fraction of sp³-hybridized carbons (Fsp3) is 0.588. The fourth-order valence-electron chi connectivity index (χ4n) is 2.98. The highest BCUT2D eigenvalue weighted by Crippen LogP contribution is 2.32. The number of nitrogens with one attached hydrogen (secondary N) is 1. The topological polar surface area (TPSA) is 52.6 Å². The summed E-state index contributed by atoms with van der Waals surface area (Å²) in [6.07, 6.45) is -2.79. The smallest absolute Gasteiger partial charge is 0.396 e. The predicted octanol–water partition coefficient (Wildman–Crippen LogP) is 3.05. The molecule has 1 aliphatic rings. The van der Waals surface area contributed by atoms with Crippen LogP contribution < -0.4 is 5.32 Å². The van der Waals surface area contributed by atoms with E-state index < -0.39 is 17.8 Å². The minimum Gasteiger partial charge on any atom is -0.396 e. The van der Waals surface area contributed by atoms with Crippen molar-refractivity contribution in [2.24, 2.45) is 5.92 Å². The van der Waals surface area contributed by atoms with Crippen LogP contribution in [-0.2, 0) is 12.6 Å². The summed E-state index contributed by atoms with van der Waals surface area (Å²) in [5, 5.41) is 11.9. The Morgan fingerprint density at radius 2 is 1.96 bits per heavy atom. The van der Waals surface area contributed by atoms with E-state index in [-0.39, 0.29) is 30.5 Å². The SMILES string of the molecule is CC(Cc1ccccc1C(F)(F)F)NC(=O)N1CCC(CO)CC1. The van der Waals surface area contributed by atoms with Crippen molar-refractivity contribution in [3.63, 3.8) is 0 Å². The summed E-state index contributed by atoms with van der Waals surface area (Å²) in [5.41, 5.74) is -0.480. The first-order valence-electron chi connectivity index (χ1n) is 8.12. The number of aliphatic hydroxyl groups is 1. The lowest BCUT2D eigenvalue weighted by Crippen LogP contribution is -2.48. The number of hydrogen-bond donors (Lipinski definition) is 2. The number of aliphatic hydroxyl groups excluding tert-OH is 1. The van der Waals surface area contributed by atoms with Gasteiger partial charge in [-0.05, 0) is 43.7 Å². The Labute approximate surface area is 139 Å². The van der Waals surface area contributed by atoms with Crippen LogP contribution in [-0.4, -0.2) is 41.8 Å². The number of halogens is 3. The third kappa shape index (κ3) is 4.87. The van der Waals surface area contributed by atoms with E-state index in [1.54, 1.807) is 17.9 Å². The van der Waals surface area contributed by atoms with Crippen LogP contribution in [0.4, 0.5) is 18.0 Å². The molecule has 1 fully saturated rings. The molecular weight excluding hydrogens is 321 g/mol. The molecule has 0 saturated carbocycles. The Morgan fingerprint density at radius 3 is 2.54 bits per heavy atom. The zero-order valence-corrected chi connectivity index (χ0v) is 13.6. The first-order chi connectivity index (χ1) is 11.3. The van der Waals surface area contributed by atoms with Gasteiger partial charge in [0.05, 0.1) is 5.56 Å². The van der Waals surface area contributed by atoms with Gasteiger partial charge in [0.1, 0.15) is 0 Å². The summed E-state index contributed by atoms with van der Waals surface area (Å²) in [4.78, 5) is 13.9. The Hall–Kier alpha value is -1.76. The van der Waals surface area contributed by atoms with Crippen LogP contribution in [0, 0.1) is 5.92 Å². The predicted molar refractivity (Wildman–Crippen MR) is 84.5 cm³/mol. The molecule has 134 valence electrons. The number of alkyl halides is 3. The van der Waals surface area contributed by atoms with Gasteiger partial charge in [-0.1, -0.05) is 18.2 Å². The first kappa shape index (κ1) is 18.6. The zero-order valence-electron chi connectivity index (χ0n) is 13.6. The summed E-state index contributed by atoms with van der Waals surface area (Å²) in [6.45, 7) is 2.94. The van der Waals surface area contributed by atoms with E-state index in [2.05, 4.69) is 5.32 Å². The van der Waals surface area contributed by atoms with E-state index in [4.69, 9.17) is 5.11 Å². The number of carbonyl (C=O) groups excluding carboxylic acids is 1. The van der Waals surface area contributed by atoms with Crippen molar-refractivity contribution < 1.29 is 23.1 Å². The number of piperidine rings is 1. The quantitative estimate of drug-likeness (QED) is 0.882. The normalized spacial score (nSPS) is 17.6. The lowest BCUT2D eigenvalue weighted by molar-refractivity contribution is -0.138. The molecule has 1 atom stereocenters. The maximum Gasteiger partial charge on any atom is 0.416 e. The Morgan fingerprint density at radius 1 is 1.33 bits per heavy atom. The highest BCUT2D eigenvalue weighted by Gasteiger charge is 2.33. The number of urea groups is 1. The molecule has 24 heavy (non-hydrogen) atoms. The second kappa shape index (κ2) is 7.88. The average molecular weight is 344 g/mol. The van der Waals surface area contributed by atoms with Crippen LogP contribution in [0.25, 0.3) is 0 Å². The number of hydrogen-bond acceptors (Lipinski definition) is 2. The second-order valence-corrected chi connectivity index (χ2v) is 6.32. The van der Waals surface area contributed by atoms with E-state index in [1.165, 1.54) is 12.1 Å². The number of rotatable bonds is 4. The number of carbonyl (C=O) groups is 1. The van der Waals surface area contributed by atoms with Gasteiger partial charge < -0.3 is 15.3 Å². The van der Waals surface area contributed by atoms with Crippen LogP contribution in [0.2, 0.25) is 0 Å². The van der Waals surface area contributed by atoms with Crippen molar-refractivity contribution in [1.82, 2.24) is 10.2 Å². The molecule has 1 saturated heterocycles. The monoisotopic (exact) mass is 344 g/mol. The van der Waals surface area contributed by atoms with Crippen molar-refractivity contribution in [3.05, 3.63) is 35.4 Å². The zero-order chi connectivity index (χ0) is 17.7. The standard InChI is InChI=1S/C17H23F3N2O2/c1-12(10-14-4-2-3-5-15(14)17(18,19)20)21-16(24)22-8-6-13(11-23)7-9-22/h2-5,12-13,23H,6-11H2,1H3,(H,21,24). The molecule has 0 aromatic heterocycles. The van der Waals surface area contributed by atoms with Crippen molar-refractivity contribution in [3.8, 4) is 0 Å². The van der Waals surface area contributed by atoms with E-state index in [0.29, 0.717) is 13.1 Å². The van der Waals surface area contributed by atoms with Gasteiger partial charge in [-0.3, -0.25) is 0 Å². The summed E-state index contributed by atoms with van der Waals surface area (Å²) in [7, 11) is 0. The van der Waals surface area contributed by atoms with Gasteiger partial charge in [0.2, 0.25) is 0 Å². The summed E-state index contributed by atoms with van der Waals surface area (Å²) >= 11 is 0. The molecule has 1 aliphatic heterocycles. The largest absolute Gasteiger partial charge is 0.416 e. The van der Waals surface area contributed by atoms with Crippen molar-refractivity contribution >= 4 is 6.03 Å². The molecular formula is C17H23F3N2O2. The van der Waals surface area contributed by atoms with E-state index in [9.17, 15) is 18.0 Å². The number of benzene rings is 1. The van der Waals surface area contributed by atoms with E-state index in [0.717, 1.165) is 18.9 Å². The Bertz CT molecular complexity index is 555. The van der Waals surface area contributed by atoms with Gasteiger partial charge in [0.15, 0.2) is 0 Å². The molecule has 2 N–H and O–H groups in total. The van der Waals surface area contributed by atoms with Gasteiger partial charge in [-0.25, -0.2) is 4.79 Å². The van der Waals surface area contributed by atoms with Gasteiger partial charge in [0, 0.05) is 25.7 Å². The minimum absolute atomic E-state index is 0.120. The van der Waals surface area contributed by atoms with Crippen molar-refractivity contribution in [2.45, 2.75) is 38.4 Å². The van der Waals surface area contributed by atoms with Crippen LogP contribution >= 0.6 is 0 Å². The molecule has 1 heterocycles. The molecule has 0 radical (unpaired) electrons. The van der Waals surface area contributed by atoms with Crippen LogP contribution in [0.15, 0.2) is 24.3 Å². The number of nitrogens with zero attached hydrogens (tertiary/aromatic N) is 1. The van der Waals surface area contributed by atoms with Crippen molar-refractivity contribution in [2.75, 3.05) is 19.7 Å². The highest BCUT2D eigenvalue weighted by atomic mass is 19.4. The molecule has 0 spiro atoms. The molecule has 1 aromatic rings. The van der Waals surface area contributed by atoms with Crippen LogP contribution in [0.1, 0.15) is 30.9 Å². The van der Waals surface area contributed by atoms with Crippen molar-refractivity contribution in [1.29, 1.82) is 0 Å². The second-order valence-electron chi connectivity index (χ2n) is 6.32. The molecule has 2 rings (SSSR count). The molecule has 0 aliphatic carbocycles. The van der Waals surface area contributed by atoms with Crippen LogP contribution in [0.5, 0.6) is 0 Å². The first-order valence-corrected chi connectivity index (χ1v) is 8.12. The third-order valence-electron chi connectivity index (χ3n) is 4.38. The summed E-state index contributed by atoms with van der Waals surface area (Å²) < 4.78 is 39.0. The average Bonchev–Trinajstić information content (AvgIpc) is 2.54. The molecule has 1 unspecified atom stereocenters. The number of likely N-dealkylation sites (tertiary alicyclic amines) is 1. The fourth-order valence-corrected chi connectivity index (χ4v) is 2.98. The molecule has 0 bridgehead atoms. The van der Waals surface area contributed by atoms with E-state index in [1.807, 2.05) is 0 Å². The third-order valence-corrected chi connectivity index (χ3v) is 4.38.